The molecule has 3 aliphatic heterocycles. The molecule has 1 spiro atoms. The first-order valence-corrected chi connectivity index (χ1v) is 12.1. The molecule has 2 saturated heterocycles. The van der Waals surface area contributed by atoms with E-state index >= 15 is 0 Å². The zero-order valence-electron chi connectivity index (χ0n) is 19.2. The molecule has 3 heterocycles. The highest BCUT2D eigenvalue weighted by molar-refractivity contribution is 6.31. The van der Waals surface area contributed by atoms with E-state index in [1.807, 2.05) is 0 Å². The molecule has 2 fully saturated rings. The molecule has 0 aromatic heterocycles. The van der Waals surface area contributed by atoms with Gasteiger partial charge < -0.3 is 15.5 Å². The van der Waals surface area contributed by atoms with Gasteiger partial charge in [-0.3, -0.25) is 24.6 Å². The van der Waals surface area contributed by atoms with E-state index in [-0.39, 0.29) is 24.5 Å². The highest BCUT2D eigenvalue weighted by atomic mass is 35.5. The van der Waals surface area contributed by atoms with E-state index in [1.54, 1.807) is 24.3 Å². The summed E-state index contributed by atoms with van der Waals surface area (Å²) in [7, 11) is 0. The Kier molecular flexibility index (Phi) is 5.25. The molecule has 3 aromatic rings. The van der Waals surface area contributed by atoms with Gasteiger partial charge in [0.15, 0.2) is 11.5 Å². The molecule has 10 heteroatoms. The number of aromatic hydroxyl groups is 2. The van der Waals surface area contributed by atoms with Crippen LogP contribution < -0.4 is 10.6 Å². The number of phenolic OH excluding ortho intramolecular Hbond substituents is 2. The smallest absolute Gasteiger partial charge is 0.250 e. The molecule has 3 aromatic carbocycles. The van der Waals surface area contributed by atoms with Gasteiger partial charge in [-0.1, -0.05) is 29.8 Å². The molecule has 0 bridgehead atoms. The molecule has 3 amide bonds. The second-order valence-electron chi connectivity index (χ2n) is 9.62. The first kappa shape index (κ1) is 23.4. The maximum atomic E-state index is 13.9. The van der Waals surface area contributed by atoms with Crippen LogP contribution in [0.15, 0.2) is 60.7 Å². The number of fused-ring (bicyclic) bond motifs is 4. The molecular formula is C27H21ClFN3O5. The van der Waals surface area contributed by atoms with Gasteiger partial charge in [-0.25, -0.2) is 4.39 Å². The first-order valence-electron chi connectivity index (χ1n) is 11.7. The summed E-state index contributed by atoms with van der Waals surface area (Å²) in [4.78, 5) is 42.3. The maximum absolute atomic E-state index is 13.9. The topological polar surface area (TPSA) is 119 Å². The van der Waals surface area contributed by atoms with Crippen LogP contribution in [-0.2, 0) is 32.9 Å². The number of hydrogen-bond donors (Lipinski definition) is 4. The van der Waals surface area contributed by atoms with Crippen molar-refractivity contribution in [3.05, 3.63) is 88.2 Å². The van der Waals surface area contributed by atoms with Crippen LogP contribution in [0.4, 0.5) is 10.1 Å². The van der Waals surface area contributed by atoms with Crippen LogP contribution in [0, 0.1) is 17.7 Å². The van der Waals surface area contributed by atoms with E-state index in [0.29, 0.717) is 27.4 Å². The van der Waals surface area contributed by atoms with Crippen molar-refractivity contribution in [2.45, 2.75) is 24.5 Å². The zero-order chi connectivity index (χ0) is 26.1. The van der Waals surface area contributed by atoms with Gasteiger partial charge in [-0.15, -0.1) is 0 Å². The van der Waals surface area contributed by atoms with Gasteiger partial charge in [0.25, 0.3) is 0 Å². The van der Waals surface area contributed by atoms with Crippen molar-refractivity contribution in [2.75, 3.05) is 5.32 Å². The Labute approximate surface area is 215 Å². The van der Waals surface area contributed by atoms with Crippen LogP contribution in [0.1, 0.15) is 16.7 Å². The molecule has 0 aliphatic carbocycles. The predicted molar refractivity (Wildman–Crippen MR) is 131 cm³/mol. The summed E-state index contributed by atoms with van der Waals surface area (Å²) >= 11 is 6.28. The van der Waals surface area contributed by atoms with E-state index in [2.05, 4.69) is 10.6 Å². The summed E-state index contributed by atoms with van der Waals surface area (Å²) in [5.74, 6) is -4.38. The number of nitrogens with one attached hydrogen (secondary N) is 2. The minimum absolute atomic E-state index is 0.0578. The molecule has 0 saturated carbocycles. The molecule has 2 unspecified atom stereocenters. The third kappa shape index (κ3) is 3.49. The lowest BCUT2D eigenvalue weighted by atomic mass is 9.76. The molecule has 0 radical (unpaired) electrons. The van der Waals surface area contributed by atoms with Crippen molar-refractivity contribution >= 4 is 35.0 Å². The fraction of sp³-hybridized carbons (Fsp3) is 0.222. The van der Waals surface area contributed by atoms with Crippen LogP contribution >= 0.6 is 11.6 Å². The SMILES string of the molecule is O=C1[C@@H]2C(Cc3ccc(O)c(O)c3)NC3(C(=O)Nc4ccc(Cl)cc43)[C@@H]2C(=O)N1Cc1ccc(F)cc1. The summed E-state index contributed by atoms with van der Waals surface area (Å²) in [5, 5.41) is 26.2. The molecule has 3 aliphatic rings. The van der Waals surface area contributed by atoms with Crippen molar-refractivity contribution in [2.24, 2.45) is 11.8 Å². The number of carbonyl (C=O) groups excluding carboxylic acids is 3. The van der Waals surface area contributed by atoms with Crippen molar-refractivity contribution in [1.29, 1.82) is 0 Å². The summed E-state index contributed by atoms with van der Waals surface area (Å²) < 4.78 is 13.4. The number of phenols is 2. The van der Waals surface area contributed by atoms with Crippen LogP contribution in [-0.4, -0.2) is 38.9 Å². The second kappa shape index (κ2) is 8.29. The van der Waals surface area contributed by atoms with Gasteiger partial charge in [-0.2, -0.15) is 0 Å². The number of amides is 3. The number of likely N-dealkylation sites (tertiary alicyclic amines) is 1. The van der Waals surface area contributed by atoms with Crippen LogP contribution in [0.3, 0.4) is 0 Å². The average Bonchev–Trinajstić information content (AvgIpc) is 3.43. The van der Waals surface area contributed by atoms with Gasteiger partial charge in [-0.05, 0) is 60.0 Å². The Morgan fingerprint density at radius 1 is 0.919 bits per heavy atom. The molecule has 188 valence electrons. The third-order valence-corrected chi connectivity index (χ3v) is 7.75. The molecule has 37 heavy (non-hydrogen) atoms. The Balaban J connectivity index is 1.44. The molecular weight excluding hydrogens is 501 g/mol. The Morgan fingerprint density at radius 2 is 1.65 bits per heavy atom. The average molecular weight is 522 g/mol. The number of imide groups is 1. The van der Waals surface area contributed by atoms with E-state index in [1.165, 1.54) is 36.4 Å². The van der Waals surface area contributed by atoms with Crippen LogP contribution in [0.5, 0.6) is 11.5 Å². The number of anilines is 1. The van der Waals surface area contributed by atoms with Crippen LogP contribution in [0.2, 0.25) is 5.02 Å². The van der Waals surface area contributed by atoms with E-state index in [0.717, 1.165) is 4.90 Å². The summed E-state index contributed by atoms with van der Waals surface area (Å²) in [6.45, 7) is -0.0578. The summed E-state index contributed by atoms with van der Waals surface area (Å²) in [5.41, 5.74) is 0.635. The Morgan fingerprint density at radius 3 is 2.38 bits per heavy atom. The quantitative estimate of drug-likeness (QED) is 0.309. The lowest BCUT2D eigenvalue weighted by molar-refractivity contribution is -0.143. The highest BCUT2D eigenvalue weighted by Gasteiger charge is 2.70. The largest absolute Gasteiger partial charge is 0.504 e. The number of rotatable bonds is 4. The first-order chi connectivity index (χ1) is 17.7. The fourth-order valence-electron chi connectivity index (χ4n) is 5.89. The minimum Gasteiger partial charge on any atom is -0.504 e. The van der Waals surface area contributed by atoms with Crippen molar-refractivity contribution in [3.8, 4) is 11.5 Å². The maximum Gasteiger partial charge on any atom is 0.250 e. The fourth-order valence-corrected chi connectivity index (χ4v) is 6.06. The Bertz CT molecular complexity index is 1480. The molecule has 8 nitrogen and oxygen atoms in total. The zero-order valence-corrected chi connectivity index (χ0v) is 20.0. The summed E-state index contributed by atoms with van der Waals surface area (Å²) in [6, 6.07) is 14.1. The monoisotopic (exact) mass is 521 g/mol. The van der Waals surface area contributed by atoms with Crippen molar-refractivity contribution in [1.82, 2.24) is 10.2 Å². The molecule has 6 rings (SSSR count). The highest BCUT2D eigenvalue weighted by Crippen LogP contribution is 2.54. The normalized spacial score (nSPS) is 26.1. The molecule has 4 atom stereocenters. The van der Waals surface area contributed by atoms with E-state index in [4.69, 9.17) is 11.6 Å². The number of hydrogen-bond acceptors (Lipinski definition) is 6. The standard InChI is InChI=1S/C27H21ClFN3O5/c28-15-4-7-18-17(11-15)27(26(37)30-18)23-22(19(31-27)9-14-3-8-20(33)21(34)10-14)24(35)32(25(23)36)12-13-1-5-16(29)6-2-13/h1-8,10-11,19,22-23,31,33-34H,9,12H2,(H,30,37)/t19?,22-,23+,27?/m1/s1. The minimum atomic E-state index is -1.53. The van der Waals surface area contributed by atoms with E-state index < -0.39 is 47.0 Å². The number of halogens is 2. The number of nitrogens with zero attached hydrogens (tertiary/aromatic N) is 1. The van der Waals surface area contributed by atoms with Crippen molar-refractivity contribution in [3.63, 3.8) is 0 Å². The van der Waals surface area contributed by atoms with Gasteiger partial charge in [0.05, 0.1) is 18.4 Å². The second-order valence-corrected chi connectivity index (χ2v) is 10.1. The Hall–Kier alpha value is -3.95. The lowest BCUT2D eigenvalue weighted by Gasteiger charge is -2.29. The number of benzene rings is 3. The van der Waals surface area contributed by atoms with Crippen LogP contribution in [0.25, 0.3) is 0 Å². The van der Waals surface area contributed by atoms with Gasteiger partial charge in [0.2, 0.25) is 17.7 Å². The van der Waals surface area contributed by atoms with Gasteiger partial charge >= 0.3 is 0 Å². The lowest BCUT2D eigenvalue weighted by Crippen LogP contribution is -2.53. The van der Waals surface area contributed by atoms with E-state index in [9.17, 15) is 29.0 Å². The van der Waals surface area contributed by atoms with Crippen molar-refractivity contribution < 1.29 is 29.0 Å². The van der Waals surface area contributed by atoms with Gasteiger partial charge in [0, 0.05) is 22.3 Å². The third-order valence-electron chi connectivity index (χ3n) is 7.52. The molecule has 4 N–H and O–H groups in total. The summed E-state index contributed by atoms with van der Waals surface area (Å²) in [6.07, 6.45) is 0.198. The van der Waals surface area contributed by atoms with Gasteiger partial charge in [0.1, 0.15) is 11.4 Å². The number of carbonyl (C=O) groups is 3. The predicted octanol–water partition coefficient (Wildman–Crippen LogP) is 3.05.